The van der Waals surface area contributed by atoms with E-state index in [1.807, 2.05) is 12.1 Å². The number of nitrogens with zero attached hydrogens (tertiary/aromatic N) is 1. The van der Waals surface area contributed by atoms with Gasteiger partial charge in [0.25, 0.3) is 5.56 Å². The van der Waals surface area contributed by atoms with Crippen molar-refractivity contribution in [2.75, 3.05) is 6.79 Å². The smallest absolute Gasteiger partial charge is 0.251 e. The van der Waals surface area contributed by atoms with Crippen molar-refractivity contribution in [3.8, 4) is 5.75 Å². The number of hydrogen-bond donors (Lipinski definition) is 1. The van der Waals surface area contributed by atoms with Crippen molar-refractivity contribution in [1.82, 2.24) is 9.97 Å². The van der Waals surface area contributed by atoms with Crippen LogP contribution in [0.1, 0.15) is 16.8 Å². The second kappa shape index (κ2) is 6.09. The van der Waals surface area contributed by atoms with Gasteiger partial charge < -0.3 is 14.5 Å². The molecule has 1 aromatic heterocycles. The van der Waals surface area contributed by atoms with Gasteiger partial charge in [-0.2, -0.15) is 0 Å². The maximum Gasteiger partial charge on any atom is 0.251 e. The van der Waals surface area contributed by atoms with Gasteiger partial charge in [0.1, 0.15) is 5.75 Å². The normalized spacial score (nSPS) is 13.6. The number of benzene rings is 1. The first-order valence-electron chi connectivity index (χ1n) is 6.34. The minimum atomic E-state index is -0.143. The summed E-state index contributed by atoms with van der Waals surface area (Å²) in [6.45, 7) is 2.52. The molecule has 0 unspecified atom stereocenters. The topological polar surface area (TPSA) is 64.2 Å². The third-order valence-corrected chi connectivity index (χ3v) is 4.17. The molecule has 3 rings (SSSR count). The van der Waals surface area contributed by atoms with Gasteiger partial charge in [-0.25, -0.2) is 4.98 Å². The fourth-order valence-electron chi connectivity index (χ4n) is 2.09. The number of thioether (sulfide) groups is 1. The van der Waals surface area contributed by atoms with Crippen molar-refractivity contribution >= 4 is 23.4 Å². The van der Waals surface area contributed by atoms with Crippen LogP contribution in [-0.4, -0.2) is 16.8 Å². The highest BCUT2D eigenvalue weighted by atomic mass is 35.5. The predicted octanol–water partition coefficient (Wildman–Crippen LogP) is 2.89. The fraction of sp³-hybridized carbons (Fsp3) is 0.286. The van der Waals surface area contributed by atoms with Crippen molar-refractivity contribution in [3.05, 3.63) is 50.4 Å². The maximum atomic E-state index is 11.4. The van der Waals surface area contributed by atoms with Crippen molar-refractivity contribution in [3.63, 3.8) is 0 Å². The molecule has 0 radical (unpaired) electrons. The molecule has 0 atom stereocenters. The molecule has 0 aliphatic carbocycles. The summed E-state index contributed by atoms with van der Waals surface area (Å²) in [4.78, 5) is 18.4. The lowest BCUT2D eigenvalue weighted by Gasteiger charge is -2.19. The fourth-order valence-corrected chi connectivity index (χ4v) is 3.26. The minimum absolute atomic E-state index is 0.143. The lowest BCUT2D eigenvalue weighted by Crippen LogP contribution is -2.12. The van der Waals surface area contributed by atoms with Crippen LogP contribution < -0.4 is 10.3 Å². The van der Waals surface area contributed by atoms with Crippen molar-refractivity contribution < 1.29 is 9.47 Å². The SMILES string of the molecule is Cc1cc(=O)[nH]c(SCc2cc(Cl)c3c(c2)COCO3)n1. The van der Waals surface area contributed by atoms with Crippen molar-refractivity contribution in [2.24, 2.45) is 0 Å². The summed E-state index contributed by atoms with van der Waals surface area (Å²) in [6.07, 6.45) is 0. The number of aromatic nitrogens is 2. The molecule has 2 heterocycles. The summed E-state index contributed by atoms with van der Waals surface area (Å²) in [5.41, 5.74) is 2.53. The van der Waals surface area contributed by atoms with Crippen LogP contribution in [0.2, 0.25) is 5.02 Å². The number of aromatic amines is 1. The summed E-state index contributed by atoms with van der Waals surface area (Å²) >= 11 is 7.67. The molecule has 21 heavy (non-hydrogen) atoms. The summed E-state index contributed by atoms with van der Waals surface area (Å²) in [5.74, 6) is 1.35. The molecule has 0 amide bonds. The van der Waals surface area contributed by atoms with Crippen LogP contribution in [0.4, 0.5) is 0 Å². The molecule has 0 spiro atoms. The van der Waals surface area contributed by atoms with Gasteiger partial charge >= 0.3 is 0 Å². The number of H-pyrrole nitrogens is 1. The Labute approximate surface area is 130 Å². The van der Waals surface area contributed by atoms with Gasteiger partial charge in [-0.3, -0.25) is 4.79 Å². The zero-order valence-electron chi connectivity index (χ0n) is 11.3. The second-order valence-electron chi connectivity index (χ2n) is 4.66. The number of ether oxygens (including phenoxy) is 2. The Bertz CT molecular complexity index is 733. The summed E-state index contributed by atoms with van der Waals surface area (Å²) in [6, 6.07) is 5.34. The van der Waals surface area contributed by atoms with E-state index < -0.39 is 0 Å². The number of fused-ring (bicyclic) bond motifs is 1. The molecule has 110 valence electrons. The highest BCUT2D eigenvalue weighted by molar-refractivity contribution is 7.98. The van der Waals surface area contributed by atoms with Crippen molar-refractivity contribution in [2.45, 2.75) is 24.4 Å². The Morgan fingerprint density at radius 2 is 2.29 bits per heavy atom. The standard InChI is InChI=1S/C14H13ClN2O3S/c1-8-2-12(18)17-14(16-8)21-6-9-3-10-5-19-7-20-13(10)11(15)4-9/h2-4H,5-7H2,1H3,(H,16,17,18). The van der Waals surface area contributed by atoms with E-state index in [-0.39, 0.29) is 12.4 Å². The van der Waals surface area contributed by atoms with Crippen LogP contribution in [0.3, 0.4) is 0 Å². The first kappa shape index (κ1) is 14.4. The van der Waals surface area contributed by atoms with E-state index in [1.54, 1.807) is 6.92 Å². The predicted molar refractivity (Wildman–Crippen MR) is 80.9 cm³/mol. The number of rotatable bonds is 3. The second-order valence-corrected chi connectivity index (χ2v) is 6.03. The summed E-state index contributed by atoms with van der Waals surface area (Å²) in [7, 11) is 0. The molecular formula is C14H13ClN2O3S. The molecule has 5 nitrogen and oxygen atoms in total. The third kappa shape index (κ3) is 3.40. The molecule has 1 aliphatic heterocycles. The molecule has 1 aromatic carbocycles. The van der Waals surface area contributed by atoms with Gasteiger partial charge in [-0.1, -0.05) is 23.4 Å². The Kier molecular flexibility index (Phi) is 4.19. The van der Waals surface area contributed by atoms with Gasteiger partial charge in [0.05, 0.1) is 11.6 Å². The lowest BCUT2D eigenvalue weighted by molar-refractivity contribution is -0.0163. The van der Waals surface area contributed by atoms with E-state index in [2.05, 4.69) is 9.97 Å². The molecule has 7 heteroatoms. The van der Waals surface area contributed by atoms with E-state index in [9.17, 15) is 4.79 Å². The van der Waals surface area contributed by atoms with E-state index in [0.29, 0.717) is 34.0 Å². The average molecular weight is 325 g/mol. The molecular weight excluding hydrogens is 312 g/mol. The maximum absolute atomic E-state index is 11.4. The van der Waals surface area contributed by atoms with E-state index in [4.69, 9.17) is 21.1 Å². The average Bonchev–Trinajstić information content (AvgIpc) is 2.44. The Hall–Kier alpha value is -1.50. The highest BCUT2D eigenvalue weighted by Gasteiger charge is 2.15. The van der Waals surface area contributed by atoms with Gasteiger partial charge in [0.2, 0.25) is 0 Å². The third-order valence-electron chi connectivity index (χ3n) is 2.95. The zero-order valence-corrected chi connectivity index (χ0v) is 12.9. The van der Waals surface area contributed by atoms with E-state index in [1.165, 1.54) is 17.8 Å². The van der Waals surface area contributed by atoms with Gasteiger partial charge in [0, 0.05) is 23.1 Å². The van der Waals surface area contributed by atoms with Crippen LogP contribution in [0.25, 0.3) is 0 Å². The number of halogens is 1. The van der Waals surface area contributed by atoms with Crippen molar-refractivity contribution in [1.29, 1.82) is 0 Å². The monoisotopic (exact) mass is 324 g/mol. The van der Waals surface area contributed by atoms with Gasteiger partial charge in [-0.05, 0) is 24.6 Å². The molecule has 1 N–H and O–H groups in total. The molecule has 0 saturated heterocycles. The van der Waals surface area contributed by atoms with Gasteiger partial charge in [0.15, 0.2) is 11.9 Å². The van der Waals surface area contributed by atoms with Gasteiger partial charge in [-0.15, -0.1) is 0 Å². The Morgan fingerprint density at radius 3 is 3.10 bits per heavy atom. The first-order chi connectivity index (χ1) is 10.1. The highest BCUT2D eigenvalue weighted by Crippen LogP contribution is 2.34. The first-order valence-corrected chi connectivity index (χ1v) is 7.71. The number of hydrogen-bond acceptors (Lipinski definition) is 5. The molecule has 0 saturated carbocycles. The molecule has 0 fully saturated rings. The van der Waals surface area contributed by atoms with Crippen LogP contribution in [0.15, 0.2) is 28.2 Å². The van der Waals surface area contributed by atoms with Crippen LogP contribution in [0.5, 0.6) is 5.75 Å². The number of nitrogens with one attached hydrogen (secondary N) is 1. The van der Waals surface area contributed by atoms with Crippen LogP contribution in [0, 0.1) is 6.92 Å². The number of aryl methyl sites for hydroxylation is 1. The Morgan fingerprint density at radius 1 is 1.43 bits per heavy atom. The molecule has 2 aromatic rings. The minimum Gasteiger partial charge on any atom is -0.466 e. The zero-order chi connectivity index (χ0) is 14.8. The van der Waals surface area contributed by atoms with E-state index in [0.717, 1.165) is 11.1 Å². The van der Waals surface area contributed by atoms with Crippen LogP contribution >= 0.6 is 23.4 Å². The van der Waals surface area contributed by atoms with E-state index >= 15 is 0 Å². The quantitative estimate of drug-likeness (QED) is 0.694. The lowest BCUT2D eigenvalue weighted by atomic mass is 10.1. The molecule has 0 bridgehead atoms. The Balaban J connectivity index is 1.79. The summed E-state index contributed by atoms with van der Waals surface area (Å²) < 4.78 is 10.6. The molecule has 1 aliphatic rings. The van der Waals surface area contributed by atoms with Crippen LogP contribution in [-0.2, 0) is 17.1 Å². The largest absolute Gasteiger partial charge is 0.466 e. The summed E-state index contributed by atoms with van der Waals surface area (Å²) in [5, 5.41) is 1.18.